The van der Waals surface area contributed by atoms with Crippen LogP contribution in [0.3, 0.4) is 0 Å². The van der Waals surface area contributed by atoms with Crippen molar-refractivity contribution in [2.45, 2.75) is 19.0 Å². The number of amides is 1. The van der Waals surface area contributed by atoms with Crippen LogP contribution in [0.2, 0.25) is 0 Å². The van der Waals surface area contributed by atoms with E-state index in [0.29, 0.717) is 11.8 Å². The summed E-state index contributed by atoms with van der Waals surface area (Å²) >= 11 is 1.31. The number of hydrazone groups is 1. The Morgan fingerprint density at radius 3 is 2.71 bits per heavy atom. The van der Waals surface area contributed by atoms with Gasteiger partial charge < -0.3 is 4.74 Å². The van der Waals surface area contributed by atoms with Crippen molar-refractivity contribution in [1.82, 2.24) is 20.2 Å². The van der Waals surface area contributed by atoms with Crippen molar-refractivity contribution in [2.24, 2.45) is 5.10 Å². The Morgan fingerprint density at radius 1 is 1.18 bits per heavy atom. The molecule has 0 saturated heterocycles. The predicted octanol–water partition coefficient (Wildman–Crippen LogP) is 3.22. The molecule has 0 aliphatic rings. The molecule has 1 amide bonds. The first kappa shape index (κ1) is 19.6. The van der Waals surface area contributed by atoms with E-state index in [1.165, 1.54) is 11.8 Å². The number of aromatic nitrogens is 3. The number of nitrogens with one attached hydrogen (secondary N) is 1. The maximum atomic E-state index is 12.1. The van der Waals surface area contributed by atoms with Gasteiger partial charge in [0.1, 0.15) is 11.6 Å². The molecule has 0 unspecified atom stereocenters. The summed E-state index contributed by atoms with van der Waals surface area (Å²) in [6.07, 6.45) is 1.57. The first-order chi connectivity index (χ1) is 13.7. The van der Waals surface area contributed by atoms with Gasteiger partial charge in [-0.2, -0.15) is 5.10 Å². The molecule has 0 spiro atoms. The molecule has 1 aromatic heterocycles. The van der Waals surface area contributed by atoms with Crippen molar-refractivity contribution < 1.29 is 9.53 Å². The van der Waals surface area contributed by atoms with Gasteiger partial charge in [-0.1, -0.05) is 42.1 Å². The number of aryl methyl sites for hydroxylation is 1. The first-order valence-corrected chi connectivity index (χ1v) is 9.81. The average Bonchev–Trinajstić information content (AvgIpc) is 3.09. The van der Waals surface area contributed by atoms with Crippen molar-refractivity contribution in [3.63, 3.8) is 0 Å². The minimum Gasteiger partial charge on any atom is -0.493 e. The minimum atomic E-state index is -0.226. The van der Waals surface area contributed by atoms with Gasteiger partial charge in [0.15, 0.2) is 5.16 Å². The Bertz CT molecular complexity index is 956. The largest absolute Gasteiger partial charge is 0.493 e. The Hall–Kier alpha value is -3.13. The Morgan fingerprint density at radius 2 is 1.93 bits per heavy atom. The zero-order valence-electron chi connectivity index (χ0n) is 15.7. The van der Waals surface area contributed by atoms with Crippen LogP contribution in [0, 0.1) is 6.92 Å². The molecule has 0 radical (unpaired) electrons. The molecule has 1 heterocycles. The summed E-state index contributed by atoms with van der Waals surface area (Å²) in [6, 6.07) is 17.3. The van der Waals surface area contributed by atoms with E-state index in [9.17, 15) is 4.79 Å². The quantitative estimate of drug-likeness (QED) is 0.360. The fraction of sp³-hybridized carbons (Fsp3) is 0.200. The van der Waals surface area contributed by atoms with E-state index in [2.05, 4.69) is 20.7 Å². The Labute approximate surface area is 167 Å². The van der Waals surface area contributed by atoms with E-state index < -0.39 is 0 Å². The third-order valence-corrected chi connectivity index (χ3v) is 4.68. The lowest BCUT2D eigenvalue weighted by Gasteiger charge is -2.07. The molecule has 0 atom stereocenters. The highest BCUT2D eigenvalue weighted by Gasteiger charge is 2.13. The van der Waals surface area contributed by atoms with Gasteiger partial charge in [-0.05, 0) is 38.1 Å². The van der Waals surface area contributed by atoms with Crippen LogP contribution >= 0.6 is 11.8 Å². The number of carbonyl (C=O) groups is 1. The average molecular weight is 395 g/mol. The van der Waals surface area contributed by atoms with E-state index in [1.807, 2.05) is 73.0 Å². The zero-order valence-corrected chi connectivity index (χ0v) is 16.5. The molecule has 144 valence electrons. The van der Waals surface area contributed by atoms with Crippen LogP contribution in [0.15, 0.2) is 64.9 Å². The summed E-state index contributed by atoms with van der Waals surface area (Å²) in [5.74, 6) is 1.44. The lowest BCUT2D eigenvalue weighted by atomic mass is 10.2. The summed E-state index contributed by atoms with van der Waals surface area (Å²) in [6.45, 7) is 4.36. The third-order valence-electron chi connectivity index (χ3n) is 3.75. The number of rotatable bonds is 8. The van der Waals surface area contributed by atoms with Gasteiger partial charge in [-0.15, -0.1) is 10.2 Å². The van der Waals surface area contributed by atoms with E-state index in [1.54, 1.807) is 6.21 Å². The van der Waals surface area contributed by atoms with Crippen LogP contribution in [0.5, 0.6) is 5.75 Å². The van der Waals surface area contributed by atoms with Crippen LogP contribution in [0.4, 0.5) is 0 Å². The van der Waals surface area contributed by atoms with Gasteiger partial charge >= 0.3 is 0 Å². The normalized spacial score (nSPS) is 10.9. The van der Waals surface area contributed by atoms with Crippen molar-refractivity contribution in [1.29, 1.82) is 0 Å². The number of carbonyl (C=O) groups excluding carboxylic acids is 1. The highest BCUT2D eigenvalue weighted by molar-refractivity contribution is 7.99. The third kappa shape index (κ3) is 4.98. The second-order valence-electron chi connectivity index (χ2n) is 5.75. The van der Waals surface area contributed by atoms with Gasteiger partial charge in [-0.3, -0.25) is 9.36 Å². The predicted molar refractivity (Wildman–Crippen MR) is 110 cm³/mol. The highest BCUT2D eigenvalue weighted by Crippen LogP contribution is 2.21. The molecule has 0 aliphatic heterocycles. The standard InChI is InChI=1S/C20H21N5O2S/c1-3-27-18-12-8-7-9-16(18)13-21-23-19(26)14-28-20-24-22-15(2)25(20)17-10-5-4-6-11-17/h4-13H,3,14H2,1-2H3,(H,23,26)/b21-13+. The molecular formula is C20H21N5O2S. The molecule has 2 aromatic carbocycles. The SMILES string of the molecule is CCOc1ccccc1/C=N/NC(=O)CSc1nnc(C)n1-c1ccccc1. The summed E-state index contributed by atoms with van der Waals surface area (Å²) in [7, 11) is 0. The van der Waals surface area contributed by atoms with E-state index in [-0.39, 0.29) is 11.7 Å². The Balaban J connectivity index is 1.59. The molecule has 1 N–H and O–H groups in total. The van der Waals surface area contributed by atoms with Gasteiger partial charge in [0, 0.05) is 11.3 Å². The summed E-state index contributed by atoms with van der Waals surface area (Å²) < 4.78 is 7.45. The minimum absolute atomic E-state index is 0.176. The van der Waals surface area contributed by atoms with Gasteiger partial charge in [0.25, 0.3) is 5.91 Å². The molecule has 3 aromatic rings. The van der Waals surface area contributed by atoms with E-state index >= 15 is 0 Å². The summed E-state index contributed by atoms with van der Waals surface area (Å²) in [4.78, 5) is 12.1. The molecule has 0 saturated carbocycles. The van der Waals surface area contributed by atoms with Crippen LogP contribution in [0.1, 0.15) is 18.3 Å². The summed E-state index contributed by atoms with van der Waals surface area (Å²) in [5, 5.41) is 13.0. The van der Waals surface area contributed by atoms with Gasteiger partial charge in [0.05, 0.1) is 18.6 Å². The molecule has 0 aliphatic carbocycles. The van der Waals surface area contributed by atoms with Crippen LogP contribution in [0.25, 0.3) is 5.69 Å². The zero-order chi connectivity index (χ0) is 19.8. The highest BCUT2D eigenvalue weighted by atomic mass is 32.2. The number of thioether (sulfide) groups is 1. The van der Waals surface area contributed by atoms with Crippen molar-refractivity contribution >= 4 is 23.9 Å². The molecule has 8 heteroatoms. The van der Waals surface area contributed by atoms with Crippen LogP contribution < -0.4 is 10.2 Å². The smallest absolute Gasteiger partial charge is 0.250 e. The lowest BCUT2D eigenvalue weighted by molar-refractivity contribution is -0.118. The Kier molecular flexibility index (Phi) is 6.80. The maximum absolute atomic E-state index is 12.1. The number of para-hydroxylation sites is 2. The molecule has 0 fully saturated rings. The van der Waals surface area contributed by atoms with Crippen molar-refractivity contribution in [3.05, 3.63) is 66.0 Å². The van der Waals surface area contributed by atoms with E-state index in [4.69, 9.17) is 4.74 Å². The van der Waals surface area contributed by atoms with Crippen LogP contribution in [-0.4, -0.2) is 39.2 Å². The number of benzene rings is 2. The molecule has 0 bridgehead atoms. The fourth-order valence-electron chi connectivity index (χ4n) is 2.52. The fourth-order valence-corrected chi connectivity index (χ4v) is 3.31. The van der Waals surface area contributed by atoms with Gasteiger partial charge in [-0.25, -0.2) is 5.43 Å². The number of hydrogen-bond donors (Lipinski definition) is 1. The molecule has 7 nitrogen and oxygen atoms in total. The lowest BCUT2D eigenvalue weighted by Crippen LogP contribution is -2.20. The number of ether oxygens (including phenoxy) is 1. The molecular weight excluding hydrogens is 374 g/mol. The topological polar surface area (TPSA) is 81.4 Å². The molecule has 28 heavy (non-hydrogen) atoms. The van der Waals surface area contributed by atoms with Crippen molar-refractivity contribution in [2.75, 3.05) is 12.4 Å². The van der Waals surface area contributed by atoms with Crippen molar-refractivity contribution in [3.8, 4) is 11.4 Å². The van der Waals surface area contributed by atoms with E-state index in [0.717, 1.165) is 22.8 Å². The van der Waals surface area contributed by atoms with Gasteiger partial charge in [0.2, 0.25) is 0 Å². The second-order valence-corrected chi connectivity index (χ2v) is 6.70. The maximum Gasteiger partial charge on any atom is 0.250 e. The number of hydrogen-bond acceptors (Lipinski definition) is 6. The number of nitrogens with zero attached hydrogens (tertiary/aromatic N) is 4. The monoisotopic (exact) mass is 395 g/mol. The molecule has 3 rings (SSSR count). The second kappa shape index (κ2) is 9.70. The first-order valence-electron chi connectivity index (χ1n) is 8.83. The summed E-state index contributed by atoms with van der Waals surface area (Å²) in [5.41, 5.74) is 4.29. The van der Waals surface area contributed by atoms with Crippen LogP contribution in [-0.2, 0) is 4.79 Å².